The van der Waals surface area contributed by atoms with Gasteiger partial charge in [0.1, 0.15) is 0 Å². The van der Waals surface area contributed by atoms with Gasteiger partial charge in [-0.2, -0.15) is 0 Å². The van der Waals surface area contributed by atoms with Gasteiger partial charge in [-0.1, -0.05) is 36.7 Å². The normalized spacial score (nSPS) is 10.8. The number of nitrogen functional groups attached to an aromatic ring is 1. The molecule has 0 aliphatic carbocycles. The van der Waals surface area contributed by atoms with Crippen LogP contribution in [0.4, 0.5) is 5.69 Å². The summed E-state index contributed by atoms with van der Waals surface area (Å²) in [5, 5.41) is 0. The lowest BCUT2D eigenvalue weighted by Crippen LogP contribution is -2.13. The summed E-state index contributed by atoms with van der Waals surface area (Å²) in [5.74, 6) is 0. The SMILES string of the molecule is Br.CC(C)(C)c1cc(Br)ccc1N. The van der Waals surface area contributed by atoms with Crippen molar-refractivity contribution in [3.8, 4) is 0 Å². The Balaban J connectivity index is 0.00000144. The summed E-state index contributed by atoms with van der Waals surface area (Å²) in [5.41, 5.74) is 8.03. The van der Waals surface area contributed by atoms with Crippen LogP contribution >= 0.6 is 32.9 Å². The van der Waals surface area contributed by atoms with Gasteiger partial charge in [-0.05, 0) is 29.2 Å². The highest BCUT2D eigenvalue weighted by Gasteiger charge is 2.16. The van der Waals surface area contributed by atoms with Crippen molar-refractivity contribution < 1.29 is 0 Å². The minimum atomic E-state index is 0. The van der Waals surface area contributed by atoms with Crippen LogP contribution < -0.4 is 5.73 Å². The van der Waals surface area contributed by atoms with Crippen molar-refractivity contribution >= 4 is 38.6 Å². The molecular weight excluding hydrogens is 294 g/mol. The number of hydrogen-bond donors (Lipinski definition) is 1. The molecule has 1 rings (SSSR count). The van der Waals surface area contributed by atoms with E-state index in [0.29, 0.717) is 0 Å². The maximum atomic E-state index is 5.85. The largest absolute Gasteiger partial charge is 0.398 e. The second-order valence-corrected chi connectivity index (χ2v) is 4.90. The van der Waals surface area contributed by atoms with Crippen LogP contribution in [0.25, 0.3) is 0 Å². The fourth-order valence-electron chi connectivity index (χ4n) is 1.18. The lowest BCUT2D eigenvalue weighted by Gasteiger charge is -2.21. The van der Waals surface area contributed by atoms with Gasteiger partial charge < -0.3 is 5.73 Å². The average molecular weight is 309 g/mol. The molecule has 0 aliphatic rings. The summed E-state index contributed by atoms with van der Waals surface area (Å²) in [6, 6.07) is 5.98. The van der Waals surface area contributed by atoms with Crippen LogP contribution in [0.2, 0.25) is 0 Å². The third-order valence-corrected chi connectivity index (χ3v) is 2.32. The Morgan fingerprint density at radius 3 is 2.15 bits per heavy atom. The number of nitrogens with two attached hydrogens (primary N) is 1. The van der Waals surface area contributed by atoms with Gasteiger partial charge in [-0.15, -0.1) is 17.0 Å². The summed E-state index contributed by atoms with van der Waals surface area (Å²) in [7, 11) is 0. The summed E-state index contributed by atoms with van der Waals surface area (Å²) >= 11 is 3.43. The van der Waals surface area contributed by atoms with Crippen LogP contribution in [0.3, 0.4) is 0 Å². The lowest BCUT2D eigenvalue weighted by atomic mass is 9.86. The third-order valence-electron chi connectivity index (χ3n) is 1.82. The maximum absolute atomic E-state index is 5.85. The predicted octanol–water partition coefficient (Wildman–Crippen LogP) is 3.91. The Morgan fingerprint density at radius 1 is 1.23 bits per heavy atom. The molecule has 0 spiro atoms. The molecule has 0 saturated heterocycles. The van der Waals surface area contributed by atoms with Crippen LogP contribution in [0.1, 0.15) is 26.3 Å². The van der Waals surface area contributed by atoms with E-state index in [1.54, 1.807) is 0 Å². The van der Waals surface area contributed by atoms with Crippen molar-refractivity contribution in [3.63, 3.8) is 0 Å². The molecular formula is C10H15Br2N. The lowest BCUT2D eigenvalue weighted by molar-refractivity contribution is 0.592. The molecule has 3 heteroatoms. The molecule has 2 N–H and O–H groups in total. The minimum absolute atomic E-state index is 0. The first kappa shape index (κ1) is 13.0. The molecule has 13 heavy (non-hydrogen) atoms. The Bertz CT molecular complexity index is 289. The Kier molecular flexibility index (Phi) is 4.46. The van der Waals surface area contributed by atoms with Crippen LogP contribution in [-0.2, 0) is 5.41 Å². The van der Waals surface area contributed by atoms with Crippen LogP contribution in [0.15, 0.2) is 22.7 Å². The van der Waals surface area contributed by atoms with Gasteiger partial charge in [0.15, 0.2) is 0 Å². The van der Waals surface area contributed by atoms with E-state index in [4.69, 9.17) is 5.73 Å². The first-order valence-corrected chi connectivity index (χ1v) is 4.76. The van der Waals surface area contributed by atoms with Crippen LogP contribution in [0, 0.1) is 0 Å². The van der Waals surface area contributed by atoms with Gasteiger partial charge in [-0.3, -0.25) is 0 Å². The van der Waals surface area contributed by atoms with E-state index >= 15 is 0 Å². The first-order chi connectivity index (χ1) is 5.41. The Hall–Kier alpha value is -0.0200. The van der Waals surface area contributed by atoms with E-state index in [9.17, 15) is 0 Å². The number of anilines is 1. The van der Waals surface area contributed by atoms with Crippen molar-refractivity contribution in [3.05, 3.63) is 28.2 Å². The van der Waals surface area contributed by atoms with E-state index in [2.05, 4.69) is 42.8 Å². The van der Waals surface area contributed by atoms with Gasteiger partial charge in [0.25, 0.3) is 0 Å². The van der Waals surface area contributed by atoms with Gasteiger partial charge in [0.05, 0.1) is 0 Å². The first-order valence-electron chi connectivity index (χ1n) is 3.97. The van der Waals surface area contributed by atoms with Gasteiger partial charge in [0, 0.05) is 10.2 Å². The number of rotatable bonds is 0. The summed E-state index contributed by atoms with van der Waals surface area (Å²) < 4.78 is 1.08. The molecule has 0 aromatic heterocycles. The van der Waals surface area contributed by atoms with E-state index in [-0.39, 0.29) is 22.4 Å². The van der Waals surface area contributed by atoms with Crippen molar-refractivity contribution in [1.82, 2.24) is 0 Å². The second kappa shape index (κ2) is 4.47. The van der Waals surface area contributed by atoms with E-state index < -0.39 is 0 Å². The zero-order valence-corrected chi connectivity index (χ0v) is 11.4. The number of benzene rings is 1. The van der Waals surface area contributed by atoms with Crippen molar-refractivity contribution in [2.75, 3.05) is 5.73 Å². The summed E-state index contributed by atoms with van der Waals surface area (Å²) in [6.07, 6.45) is 0. The fourth-order valence-corrected chi connectivity index (χ4v) is 1.54. The van der Waals surface area contributed by atoms with Crippen molar-refractivity contribution in [2.24, 2.45) is 0 Å². The molecule has 1 aromatic rings. The molecule has 0 unspecified atom stereocenters. The molecule has 0 heterocycles. The zero-order chi connectivity index (χ0) is 9.35. The van der Waals surface area contributed by atoms with E-state index in [0.717, 1.165) is 10.2 Å². The molecule has 74 valence electrons. The molecule has 0 aliphatic heterocycles. The van der Waals surface area contributed by atoms with Crippen molar-refractivity contribution in [2.45, 2.75) is 26.2 Å². The van der Waals surface area contributed by atoms with Gasteiger partial charge >= 0.3 is 0 Å². The molecule has 0 amide bonds. The van der Waals surface area contributed by atoms with Gasteiger partial charge in [-0.25, -0.2) is 0 Å². The minimum Gasteiger partial charge on any atom is -0.398 e. The maximum Gasteiger partial charge on any atom is 0.0352 e. The third kappa shape index (κ3) is 3.31. The van der Waals surface area contributed by atoms with Crippen LogP contribution in [-0.4, -0.2) is 0 Å². The summed E-state index contributed by atoms with van der Waals surface area (Å²) in [4.78, 5) is 0. The van der Waals surface area contributed by atoms with E-state index in [1.807, 2.05) is 12.1 Å². The Labute approximate surface area is 98.6 Å². The summed E-state index contributed by atoms with van der Waals surface area (Å²) in [6.45, 7) is 6.47. The topological polar surface area (TPSA) is 26.0 Å². The molecule has 0 radical (unpaired) electrons. The molecule has 0 fully saturated rings. The number of halogens is 2. The molecule has 1 aromatic carbocycles. The number of hydrogen-bond acceptors (Lipinski definition) is 1. The monoisotopic (exact) mass is 307 g/mol. The highest BCUT2D eigenvalue weighted by molar-refractivity contribution is 9.10. The van der Waals surface area contributed by atoms with Crippen LogP contribution in [0.5, 0.6) is 0 Å². The predicted molar refractivity (Wildman–Crippen MR) is 67.6 cm³/mol. The highest BCUT2D eigenvalue weighted by atomic mass is 79.9. The standard InChI is InChI=1S/C10H14BrN.BrH/c1-10(2,3)8-6-7(11)4-5-9(8)12;/h4-6H,12H2,1-3H3;1H. The quantitative estimate of drug-likeness (QED) is 0.723. The second-order valence-electron chi connectivity index (χ2n) is 3.98. The average Bonchev–Trinajstić information content (AvgIpc) is 1.92. The molecule has 0 bridgehead atoms. The highest BCUT2D eigenvalue weighted by Crippen LogP contribution is 2.29. The Morgan fingerprint density at radius 2 is 1.77 bits per heavy atom. The van der Waals surface area contributed by atoms with Crippen molar-refractivity contribution in [1.29, 1.82) is 0 Å². The molecule has 1 nitrogen and oxygen atoms in total. The van der Waals surface area contributed by atoms with Gasteiger partial charge in [0.2, 0.25) is 0 Å². The smallest absolute Gasteiger partial charge is 0.0352 e. The van der Waals surface area contributed by atoms with E-state index in [1.165, 1.54) is 5.56 Å². The zero-order valence-electron chi connectivity index (χ0n) is 8.10. The molecule has 0 atom stereocenters. The fraction of sp³-hybridized carbons (Fsp3) is 0.400. The molecule has 0 saturated carbocycles.